The smallest absolute Gasteiger partial charge is 0.257 e. The summed E-state index contributed by atoms with van der Waals surface area (Å²) in [5.41, 5.74) is 2.15. The Bertz CT molecular complexity index is 831. The van der Waals surface area contributed by atoms with E-state index < -0.39 is 0 Å². The Morgan fingerprint density at radius 1 is 1.33 bits per heavy atom. The second-order valence-electron chi connectivity index (χ2n) is 6.74. The third kappa shape index (κ3) is 4.27. The van der Waals surface area contributed by atoms with Gasteiger partial charge in [0.1, 0.15) is 5.56 Å². The van der Waals surface area contributed by atoms with Crippen LogP contribution in [0.4, 0.5) is 0 Å². The molecular formula is C19H25N5O3. The van der Waals surface area contributed by atoms with Crippen LogP contribution in [0, 0.1) is 5.92 Å². The first-order valence-corrected chi connectivity index (χ1v) is 9.20. The first-order chi connectivity index (χ1) is 13.0. The number of hydrogen-bond donors (Lipinski definition) is 1. The zero-order chi connectivity index (χ0) is 19.4. The van der Waals surface area contributed by atoms with Gasteiger partial charge < -0.3 is 15.0 Å². The van der Waals surface area contributed by atoms with Gasteiger partial charge in [0.2, 0.25) is 11.8 Å². The first-order valence-electron chi connectivity index (χ1n) is 9.20. The molecule has 8 heteroatoms. The summed E-state index contributed by atoms with van der Waals surface area (Å²) in [4.78, 5) is 30.6. The van der Waals surface area contributed by atoms with Crippen LogP contribution < -0.4 is 10.1 Å². The standard InChI is InChI=1S/C19H25N5O3/c1-4-27-18-16(6-5-7-20-18)17(25)21-11-14-10-15-12-23(19(26)13(2)3)8-9-24(15)22-14/h5-7,10,13H,4,8-9,11-12H2,1-3H3,(H,21,25). The van der Waals surface area contributed by atoms with Gasteiger partial charge in [0.15, 0.2) is 0 Å². The number of fused-ring (bicyclic) bond motifs is 1. The van der Waals surface area contributed by atoms with E-state index in [1.165, 1.54) is 0 Å². The fourth-order valence-electron chi connectivity index (χ4n) is 3.05. The number of pyridine rings is 1. The van der Waals surface area contributed by atoms with E-state index in [1.807, 2.05) is 36.4 Å². The normalized spacial score (nSPS) is 13.4. The lowest BCUT2D eigenvalue weighted by molar-refractivity contribution is -0.136. The van der Waals surface area contributed by atoms with Gasteiger partial charge in [-0.3, -0.25) is 14.3 Å². The Hall–Kier alpha value is -2.90. The second kappa shape index (κ2) is 8.20. The van der Waals surface area contributed by atoms with E-state index in [9.17, 15) is 9.59 Å². The molecule has 2 aromatic rings. The van der Waals surface area contributed by atoms with Gasteiger partial charge in [-0.05, 0) is 25.1 Å². The maximum atomic E-state index is 12.5. The number of aromatic nitrogens is 3. The summed E-state index contributed by atoms with van der Waals surface area (Å²) in [5.74, 6) is 0.202. The summed E-state index contributed by atoms with van der Waals surface area (Å²) in [6.45, 7) is 8.28. The van der Waals surface area contributed by atoms with Crippen LogP contribution in [0.15, 0.2) is 24.4 Å². The van der Waals surface area contributed by atoms with Crippen LogP contribution in [-0.4, -0.2) is 44.6 Å². The summed E-state index contributed by atoms with van der Waals surface area (Å²) in [6.07, 6.45) is 1.59. The van der Waals surface area contributed by atoms with Crippen molar-refractivity contribution in [3.63, 3.8) is 0 Å². The molecule has 0 atom stereocenters. The molecule has 0 bridgehead atoms. The number of carbonyl (C=O) groups excluding carboxylic acids is 2. The molecule has 0 saturated heterocycles. The number of carbonyl (C=O) groups is 2. The molecule has 1 N–H and O–H groups in total. The highest BCUT2D eigenvalue weighted by Gasteiger charge is 2.24. The minimum Gasteiger partial charge on any atom is -0.477 e. The van der Waals surface area contributed by atoms with Gasteiger partial charge in [-0.15, -0.1) is 0 Å². The highest BCUT2D eigenvalue weighted by atomic mass is 16.5. The summed E-state index contributed by atoms with van der Waals surface area (Å²) in [7, 11) is 0. The third-order valence-electron chi connectivity index (χ3n) is 4.38. The highest BCUT2D eigenvalue weighted by Crippen LogP contribution is 2.17. The molecule has 2 aromatic heterocycles. The molecule has 0 aliphatic carbocycles. The highest BCUT2D eigenvalue weighted by molar-refractivity contribution is 5.96. The van der Waals surface area contributed by atoms with Gasteiger partial charge in [0.05, 0.1) is 37.6 Å². The van der Waals surface area contributed by atoms with Crippen molar-refractivity contribution < 1.29 is 14.3 Å². The average molecular weight is 371 g/mol. The fraction of sp³-hybridized carbons (Fsp3) is 0.474. The van der Waals surface area contributed by atoms with Crippen LogP contribution in [-0.2, 0) is 24.4 Å². The largest absolute Gasteiger partial charge is 0.477 e. The van der Waals surface area contributed by atoms with E-state index in [-0.39, 0.29) is 17.7 Å². The van der Waals surface area contributed by atoms with Crippen LogP contribution in [0.1, 0.15) is 42.5 Å². The molecule has 8 nitrogen and oxygen atoms in total. The molecule has 0 radical (unpaired) electrons. The third-order valence-corrected chi connectivity index (χ3v) is 4.38. The molecule has 0 spiro atoms. The predicted octanol–water partition coefficient (Wildman–Crippen LogP) is 1.60. The molecule has 0 unspecified atom stereocenters. The lowest BCUT2D eigenvalue weighted by Crippen LogP contribution is -2.40. The van der Waals surface area contributed by atoms with Gasteiger partial charge >= 0.3 is 0 Å². The maximum absolute atomic E-state index is 12.5. The molecule has 3 rings (SSSR count). The molecule has 0 saturated carbocycles. The maximum Gasteiger partial charge on any atom is 0.257 e. The summed E-state index contributed by atoms with van der Waals surface area (Å²) in [5, 5.41) is 7.39. The van der Waals surface area contributed by atoms with Crippen molar-refractivity contribution >= 4 is 11.8 Å². The Balaban J connectivity index is 1.64. The van der Waals surface area contributed by atoms with Crippen molar-refractivity contribution in [1.29, 1.82) is 0 Å². The Labute approximate surface area is 158 Å². The zero-order valence-electron chi connectivity index (χ0n) is 15.9. The van der Waals surface area contributed by atoms with Gasteiger partial charge in [0, 0.05) is 18.7 Å². The summed E-state index contributed by atoms with van der Waals surface area (Å²) >= 11 is 0. The number of amides is 2. The first kappa shape index (κ1) is 18.9. The minimum absolute atomic E-state index is 0.0164. The average Bonchev–Trinajstić information content (AvgIpc) is 3.08. The topological polar surface area (TPSA) is 89.3 Å². The minimum atomic E-state index is -0.255. The Morgan fingerprint density at radius 2 is 2.15 bits per heavy atom. The molecule has 3 heterocycles. The van der Waals surface area contributed by atoms with E-state index in [0.29, 0.717) is 44.2 Å². The van der Waals surface area contributed by atoms with Crippen LogP contribution in [0.5, 0.6) is 5.88 Å². The van der Waals surface area contributed by atoms with Crippen LogP contribution in [0.25, 0.3) is 0 Å². The van der Waals surface area contributed by atoms with Crippen molar-refractivity contribution in [3.05, 3.63) is 41.3 Å². The second-order valence-corrected chi connectivity index (χ2v) is 6.74. The Kier molecular flexibility index (Phi) is 5.73. The number of hydrogen-bond acceptors (Lipinski definition) is 5. The molecule has 1 aliphatic rings. The quantitative estimate of drug-likeness (QED) is 0.833. The van der Waals surface area contributed by atoms with Crippen LogP contribution >= 0.6 is 0 Å². The van der Waals surface area contributed by atoms with E-state index in [2.05, 4.69) is 15.4 Å². The van der Waals surface area contributed by atoms with Crippen molar-refractivity contribution in [2.45, 2.75) is 40.4 Å². The lowest BCUT2D eigenvalue weighted by atomic mass is 10.1. The Morgan fingerprint density at radius 3 is 2.89 bits per heavy atom. The molecule has 27 heavy (non-hydrogen) atoms. The van der Waals surface area contributed by atoms with Gasteiger partial charge in [-0.25, -0.2) is 4.98 Å². The number of nitrogens with zero attached hydrogens (tertiary/aromatic N) is 4. The number of nitrogens with one attached hydrogen (secondary N) is 1. The van der Waals surface area contributed by atoms with E-state index >= 15 is 0 Å². The van der Waals surface area contributed by atoms with Crippen molar-refractivity contribution in [3.8, 4) is 5.88 Å². The van der Waals surface area contributed by atoms with E-state index in [4.69, 9.17) is 4.74 Å². The van der Waals surface area contributed by atoms with E-state index in [0.717, 1.165) is 11.4 Å². The van der Waals surface area contributed by atoms with Gasteiger partial charge in [0.25, 0.3) is 5.91 Å². The predicted molar refractivity (Wildman–Crippen MR) is 99.1 cm³/mol. The summed E-state index contributed by atoms with van der Waals surface area (Å²) < 4.78 is 7.30. The summed E-state index contributed by atoms with van der Waals surface area (Å²) in [6, 6.07) is 5.32. The molecule has 144 valence electrons. The molecule has 0 aromatic carbocycles. The zero-order valence-corrected chi connectivity index (χ0v) is 15.9. The van der Waals surface area contributed by atoms with Crippen molar-refractivity contribution in [2.24, 2.45) is 5.92 Å². The number of ether oxygens (including phenoxy) is 1. The molecule has 0 fully saturated rings. The fourth-order valence-corrected chi connectivity index (χ4v) is 3.05. The molecule has 2 amide bonds. The SMILES string of the molecule is CCOc1ncccc1C(=O)NCc1cc2n(n1)CCN(C(=O)C(C)C)C2. The lowest BCUT2D eigenvalue weighted by Gasteiger charge is -2.29. The van der Waals surface area contributed by atoms with Crippen LogP contribution in [0.3, 0.4) is 0 Å². The van der Waals surface area contributed by atoms with Crippen LogP contribution in [0.2, 0.25) is 0 Å². The van der Waals surface area contributed by atoms with E-state index in [1.54, 1.807) is 18.3 Å². The molecular weight excluding hydrogens is 346 g/mol. The van der Waals surface area contributed by atoms with Crippen molar-refractivity contribution in [2.75, 3.05) is 13.2 Å². The molecule has 1 aliphatic heterocycles. The van der Waals surface area contributed by atoms with Crippen molar-refractivity contribution in [1.82, 2.24) is 25.0 Å². The van der Waals surface area contributed by atoms with Gasteiger partial charge in [-0.1, -0.05) is 13.8 Å². The van der Waals surface area contributed by atoms with Gasteiger partial charge in [-0.2, -0.15) is 5.10 Å². The number of rotatable bonds is 6. The monoisotopic (exact) mass is 371 g/mol.